The Bertz CT molecular complexity index is 667. The molecule has 0 spiro atoms. The van der Waals surface area contributed by atoms with E-state index in [-0.39, 0.29) is 0 Å². The number of aromatic nitrogens is 1. The Labute approximate surface area is 142 Å². The quantitative estimate of drug-likeness (QED) is 0.919. The van der Waals surface area contributed by atoms with Crippen molar-refractivity contribution in [1.29, 1.82) is 0 Å². The lowest BCUT2D eigenvalue weighted by Gasteiger charge is -2.26. The number of anilines is 1. The van der Waals surface area contributed by atoms with Crippen LogP contribution in [-0.4, -0.2) is 23.8 Å². The van der Waals surface area contributed by atoms with Crippen LogP contribution < -0.4 is 10.2 Å². The normalized spacial score (nSPS) is 20.5. The molecule has 0 amide bonds. The standard InChI is InChI=1S/C19H23N3S/c1-2-6-18-16(5-1)17(8-12-23-18)21-14-15-7-9-20-19(13-15)22-10-3-4-11-22/h1-2,5-7,9,13,17,21H,3-4,8,10-12,14H2/t17-/m1/s1. The maximum Gasteiger partial charge on any atom is 0.128 e. The van der Waals surface area contributed by atoms with Crippen LogP contribution in [0.5, 0.6) is 0 Å². The highest BCUT2D eigenvalue weighted by Crippen LogP contribution is 2.35. The summed E-state index contributed by atoms with van der Waals surface area (Å²) in [7, 11) is 0. The van der Waals surface area contributed by atoms with E-state index in [0.29, 0.717) is 6.04 Å². The second-order valence-electron chi connectivity index (χ2n) is 6.32. The summed E-state index contributed by atoms with van der Waals surface area (Å²) in [5.74, 6) is 2.34. The van der Waals surface area contributed by atoms with Gasteiger partial charge in [-0.05, 0) is 54.3 Å². The first kappa shape index (κ1) is 15.0. The topological polar surface area (TPSA) is 28.2 Å². The van der Waals surface area contributed by atoms with Crippen LogP contribution in [-0.2, 0) is 6.54 Å². The number of nitrogens with zero attached hydrogens (tertiary/aromatic N) is 2. The lowest BCUT2D eigenvalue weighted by molar-refractivity contribution is 0.510. The summed E-state index contributed by atoms with van der Waals surface area (Å²) in [6.45, 7) is 3.21. The van der Waals surface area contributed by atoms with Crippen molar-refractivity contribution in [3.63, 3.8) is 0 Å². The minimum Gasteiger partial charge on any atom is -0.357 e. The zero-order chi connectivity index (χ0) is 15.5. The fraction of sp³-hybridized carbons (Fsp3) is 0.421. The Morgan fingerprint density at radius 3 is 2.96 bits per heavy atom. The van der Waals surface area contributed by atoms with Gasteiger partial charge in [-0.15, -0.1) is 11.8 Å². The Hall–Kier alpha value is -1.52. The number of nitrogens with one attached hydrogen (secondary N) is 1. The summed E-state index contributed by atoms with van der Waals surface area (Å²) in [5.41, 5.74) is 2.79. The van der Waals surface area contributed by atoms with Gasteiger partial charge in [0.05, 0.1) is 0 Å². The molecule has 1 saturated heterocycles. The summed E-state index contributed by atoms with van der Waals surface area (Å²) >= 11 is 1.98. The van der Waals surface area contributed by atoms with E-state index in [4.69, 9.17) is 0 Å². The molecule has 1 aromatic heterocycles. The van der Waals surface area contributed by atoms with Gasteiger partial charge >= 0.3 is 0 Å². The van der Waals surface area contributed by atoms with Crippen molar-refractivity contribution in [2.45, 2.75) is 36.7 Å². The molecule has 3 heterocycles. The van der Waals surface area contributed by atoms with Gasteiger partial charge in [-0.2, -0.15) is 0 Å². The van der Waals surface area contributed by atoms with Gasteiger partial charge in [-0.25, -0.2) is 4.98 Å². The van der Waals surface area contributed by atoms with Gasteiger partial charge in [-0.1, -0.05) is 18.2 Å². The van der Waals surface area contributed by atoms with E-state index in [0.717, 1.165) is 25.5 Å². The molecular weight excluding hydrogens is 302 g/mol. The number of benzene rings is 1. The van der Waals surface area contributed by atoms with Gasteiger partial charge in [-0.3, -0.25) is 0 Å². The van der Waals surface area contributed by atoms with Crippen LogP contribution in [0.3, 0.4) is 0 Å². The molecule has 1 atom stereocenters. The number of thioether (sulfide) groups is 1. The van der Waals surface area contributed by atoms with Crippen LogP contribution in [0.1, 0.15) is 36.4 Å². The van der Waals surface area contributed by atoms with Gasteiger partial charge in [0.2, 0.25) is 0 Å². The molecule has 2 aliphatic heterocycles. The summed E-state index contributed by atoms with van der Waals surface area (Å²) in [6, 6.07) is 13.7. The van der Waals surface area contributed by atoms with E-state index in [9.17, 15) is 0 Å². The summed E-state index contributed by atoms with van der Waals surface area (Å²) in [6.07, 6.45) is 5.74. The maximum atomic E-state index is 4.55. The van der Waals surface area contributed by atoms with E-state index in [2.05, 4.69) is 51.6 Å². The molecule has 4 rings (SSSR count). The first-order valence-electron chi connectivity index (χ1n) is 8.55. The van der Waals surface area contributed by atoms with Crippen molar-refractivity contribution < 1.29 is 0 Å². The molecule has 0 radical (unpaired) electrons. The van der Waals surface area contributed by atoms with Crippen molar-refractivity contribution >= 4 is 17.6 Å². The van der Waals surface area contributed by atoms with Crippen LogP contribution in [0.25, 0.3) is 0 Å². The molecule has 23 heavy (non-hydrogen) atoms. The average molecular weight is 325 g/mol. The largest absolute Gasteiger partial charge is 0.357 e. The molecular formula is C19H23N3S. The molecule has 3 nitrogen and oxygen atoms in total. The predicted octanol–water partition coefficient (Wildman–Crippen LogP) is 4.01. The zero-order valence-corrected chi connectivity index (χ0v) is 14.2. The first-order chi connectivity index (χ1) is 11.4. The van der Waals surface area contributed by atoms with Gasteiger partial charge < -0.3 is 10.2 Å². The fourth-order valence-electron chi connectivity index (χ4n) is 3.48. The van der Waals surface area contributed by atoms with Crippen LogP contribution in [0, 0.1) is 0 Å². The number of hydrogen-bond donors (Lipinski definition) is 1. The summed E-state index contributed by atoms with van der Waals surface area (Å²) in [4.78, 5) is 8.38. The monoisotopic (exact) mass is 325 g/mol. The van der Waals surface area contributed by atoms with E-state index in [1.807, 2.05) is 18.0 Å². The third kappa shape index (κ3) is 3.38. The van der Waals surface area contributed by atoms with E-state index in [1.165, 1.54) is 41.0 Å². The lowest BCUT2D eigenvalue weighted by Crippen LogP contribution is -2.24. The van der Waals surface area contributed by atoms with Crippen molar-refractivity contribution in [2.75, 3.05) is 23.7 Å². The molecule has 120 valence electrons. The highest BCUT2D eigenvalue weighted by molar-refractivity contribution is 7.99. The minimum atomic E-state index is 0.468. The third-order valence-electron chi connectivity index (χ3n) is 4.75. The summed E-state index contributed by atoms with van der Waals surface area (Å²) < 4.78 is 0. The van der Waals surface area contributed by atoms with Crippen molar-refractivity contribution in [3.05, 3.63) is 53.7 Å². The van der Waals surface area contributed by atoms with Crippen molar-refractivity contribution in [2.24, 2.45) is 0 Å². The van der Waals surface area contributed by atoms with Crippen molar-refractivity contribution in [1.82, 2.24) is 10.3 Å². The average Bonchev–Trinajstić information content (AvgIpc) is 3.15. The molecule has 2 aliphatic rings. The Morgan fingerprint density at radius 1 is 1.17 bits per heavy atom. The van der Waals surface area contributed by atoms with Crippen LogP contribution in [0.15, 0.2) is 47.5 Å². The maximum absolute atomic E-state index is 4.55. The highest BCUT2D eigenvalue weighted by Gasteiger charge is 2.20. The second kappa shape index (κ2) is 6.93. The molecule has 1 fully saturated rings. The third-order valence-corrected chi connectivity index (χ3v) is 5.87. The molecule has 0 saturated carbocycles. The SMILES string of the molecule is c1ccc2c(c1)SCC[C@H]2NCc1ccnc(N2CCCC2)c1. The summed E-state index contributed by atoms with van der Waals surface area (Å²) in [5, 5.41) is 3.75. The van der Waals surface area contributed by atoms with E-state index >= 15 is 0 Å². The predicted molar refractivity (Wildman–Crippen MR) is 97.0 cm³/mol. The molecule has 1 N–H and O–H groups in total. The van der Waals surface area contributed by atoms with E-state index < -0.39 is 0 Å². The molecule has 0 aliphatic carbocycles. The Balaban J connectivity index is 1.44. The number of pyridine rings is 1. The van der Waals surface area contributed by atoms with Gasteiger partial charge in [0, 0.05) is 36.8 Å². The van der Waals surface area contributed by atoms with Gasteiger partial charge in [0.1, 0.15) is 5.82 Å². The molecule has 1 aromatic carbocycles. The molecule has 0 unspecified atom stereocenters. The smallest absolute Gasteiger partial charge is 0.128 e. The molecule has 4 heteroatoms. The van der Waals surface area contributed by atoms with Gasteiger partial charge in [0.25, 0.3) is 0 Å². The highest BCUT2D eigenvalue weighted by atomic mass is 32.2. The minimum absolute atomic E-state index is 0.468. The fourth-order valence-corrected chi connectivity index (χ4v) is 4.61. The van der Waals surface area contributed by atoms with Gasteiger partial charge in [0.15, 0.2) is 0 Å². The number of hydrogen-bond acceptors (Lipinski definition) is 4. The number of fused-ring (bicyclic) bond motifs is 1. The molecule has 2 aromatic rings. The number of rotatable bonds is 4. The van der Waals surface area contributed by atoms with E-state index in [1.54, 1.807) is 0 Å². The Kier molecular flexibility index (Phi) is 4.53. The second-order valence-corrected chi connectivity index (χ2v) is 7.46. The zero-order valence-electron chi connectivity index (χ0n) is 13.4. The molecule has 0 bridgehead atoms. The van der Waals surface area contributed by atoms with Crippen LogP contribution in [0.2, 0.25) is 0 Å². The lowest BCUT2D eigenvalue weighted by atomic mass is 10.0. The Morgan fingerprint density at radius 2 is 2.04 bits per heavy atom. The van der Waals surface area contributed by atoms with Crippen LogP contribution in [0.4, 0.5) is 5.82 Å². The van der Waals surface area contributed by atoms with Crippen molar-refractivity contribution in [3.8, 4) is 0 Å². The first-order valence-corrected chi connectivity index (χ1v) is 9.54. The van der Waals surface area contributed by atoms with Crippen LogP contribution >= 0.6 is 11.8 Å².